The van der Waals surface area contributed by atoms with Gasteiger partial charge in [-0.2, -0.15) is 0 Å². The lowest BCUT2D eigenvalue weighted by molar-refractivity contribution is 0.407. The molecular weight excluding hydrogens is 212 g/mol. The van der Waals surface area contributed by atoms with Gasteiger partial charge in [-0.3, -0.25) is 0 Å². The lowest BCUT2D eigenvalue weighted by Crippen LogP contribution is -2.09. The summed E-state index contributed by atoms with van der Waals surface area (Å²) in [6.07, 6.45) is 6.95. The number of nitrogens with zero attached hydrogens (tertiary/aromatic N) is 4. The van der Waals surface area contributed by atoms with Gasteiger partial charge in [-0.05, 0) is 24.5 Å². The number of unbranched alkanes of at least 4 members (excludes halogenated alkanes) is 2. The van der Waals surface area contributed by atoms with Crippen molar-refractivity contribution in [2.24, 2.45) is 5.92 Å². The molecule has 4 heteroatoms. The second-order valence-electron chi connectivity index (χ2n) is 4.72. The maximum Gasteiger partial charge on any atom is 0.178 e. The Kier molecular flexibility index (Phi) is 4.07. The standard InChI is InChI=1S/C13H20N4/c1-3-4-5-7-11(2)10-17-13-12(15-16-17)8-6-9-14-13/h6,8-9,11H,3-5,7,10H2,1-2H3. The van der Waals surface area contributed by atoms with Gasteiger partial charge in [0.05, 0.1) is 0 Å². The SMILES string of the molecule is CCCCCC(C)Cn1nnc2cccnc21. The Morgan fingerprint density at radius 3 is 3.06 bits per heavy atom. The van der Waals surface area contributed by atoms with Crippen molar-refractivity contribution in [3.05, 3.63) is 18.3 Å². The summed E-state index contributed by atoms with van der Waals surface area (Å²) >= 11 is 0. The molecule has 0 radical (unpaired) electrons. The number of hydrogen-bond acceptors (Lipinski definition) is 3. The van der Waals surface area contributed by atoms with E-state index >= 15 is 0 Å². The average molecular weight is 232 g/mol. The Balaban J connectivity index is 1.98. The quantitative estimate of drug-likeness (QED) is 0.719. The van der Waals surface area contributed by atoms with Crippen LogP contribution in [0.5, 0.6) is 0 Å². The van der Waals surface area contributed by atoms with E-state index < -0.39 is 0 Å². The van der Waals surface area contributed by atoms with Gasteiger partial charge in [0.15, 0.2) is 5.65 Å². The van der Waals surface area contributed by atoms with E-state index in [2.05, 4.69) is 29.1 Å². The topological polar surface area (TPSA) is 43.6 Å². The van der Waals surface area contributed by atoms with Crippen molar-refractivity contribution in [3.63, 3.8) is 0 Å². The molecule has 0 aliphatic heterocycles. The smallest absolute Gasteiger partial charge is 0.178 e. The molecule has 2 aromatic rings. The van der Waals surface area contributed by atoms with E-state index in [9.17, 15) is 0 Å². The predicted molar refractivity (Wildman–Crippen MR) is 68.6 cm³/mol. The molecule has 2 rings (SSSR count). The fourth-order valence-corrected chi connectivity index (χ4v) is 2.06. The summed E-state index contributed by atoms with van der Waals surface area (Å²) in [7, 11) is 0. The third kappa shape index (κ3) is 3.02. The minimum atomic E-state index is 0.633. The fraction of sp³-hybridized carbons (Fsp3) is 0.615. The van der Waals surface area contributed by atoms with Gasteiger partial charge in [0.1, 0.15) is 5.52 Å². The molecule has 0 saturated heterocycles. The van der Waals surface area contributed by atoms with Crippen molar-refractivity contribution in [3.8, 4) is 0 Å². The van der Waals surface area contributed by atoms with E-state index in [0.29, 0.717) is 5.92 Å². The highest BCUT2D eigenvalue weighted by Crippen LogP contribution is 2.14. The molecule has 0 bridgehead atoms. The van der Waals surface area contributed by atoms with E-state index in [0.717, 1.165) is 17.7 Å². The normalized spacial score (nSPS) is 13.1. The summed E-state index contributed by atoms with van der Waals surface area (Å²) in [5, 5.41) is 8.29. The molecule has 1 atom stereocenters. The van der Waals surface area contributed by atoms with Crippen LogP contribution in [0.15, 0.2) is 18.3 Å². The lowest BCUT2D eigenvalue weighted by atomic mass is 10.0. The third-order valence-electron chi connectivity index (χ3n) is 3.06. The number of aromatic nitrogens is 4. The van der Waals surface area contributed by atoms with E-state index in [-0.39, 0.29) is 0 Å². The first-order chi connectivity index (χ1) is 8.31. The largest absolute Gasteiger partial charge is 0.235 e. The third-order valence-corrected chi connectivity index (χ3v) is 3.06. The molecule has 0 spiro atoms. The first-order valence-corrected chi connectivity index (χ1v) is 6.45. The minimum absolute atomic E-state index is 0.633. The molecule has 0 amide bonds. The minimum Gasteiger partial charge on any atom is -0.235 e. The van der Waals surface area contributed by atoms with Crippen LogP contribution in [0.25, 0.3) is 11.2 Å². The number of hydrogen-bond donors (Lipinski definition) is 0. The Morgan fingerprint density at radius 1 is 1.35 bits per heavy atom. The van der Waals surface area contributed by atoms with Crippen LogP contribution >= 0.6 is 0 Å². The van der Waals surface area contributed by atoms with Crippen LogP contribution in [-0.2, 0) is 6.54 Å². The van der Waals surface area contributed by atoms with Crippen molar-refractivity contribution < 1.29 is 0 Å². The van der Waals surface area contributed by atoms with Crippen molar-refractivity contribution in [2.45, 2.75) is 46.1 Å². The Morgan fingerprint density at radius 2 is 2.24 bits per heavy atom. The van der Waals surface area contributed by atoms with Crippen LogP contribution in [-0.4, -0.2) is 20.0 Å². The summed E-state index contributed by atoms with van der Waals surface area (Å²) < 4.78 is 1.92. The first kappa shape index (κ1) is 12.0. The van der Waals surface area contributed by atoms with Gasteiger partial charge in [0, 0.05) is 12.7 Å². The second-order valence-corrected chi connectivity index (χ2v) is 4.72. The molecule has 2 heterocycles. The zero-order valence-electron chi connectivity index (χ0n) is 10.6. The highest BCUT2D eigenvalue weighted by Gasteiger charge is 2.08. The fourth-order valence-electron chi connectivity index (χ4n) is 2.06. The molecule has 17 heavy (non-hydrogen) atoms. The van der Waals surface area contributed by atoms with Gasteiger partial charge in [0.25, 0.3) is 0 Å². The van der Waals surface area contributed by atoms with Gasteiger partial charge in [-0.25, -0.2) is 9.67 Å². The number of rotatable bonds is 6. The molecule has 0 N–H and O–H groups in total. The van der Waals surface area contributed by atoms with E-state index in [1.54, 1.807) is 6.20 Å². The maximum absolute atomic E-state index is 4.33. The Labute approximate surface area is 102 Å². The lowest BCUT2D eigenvalue weighted by Gasteiger charge is -2.10. The summed E-state index contributed by atoms with van der Waals surface area (Å²) in [4.78, 5) is 4.33. The van der Waals surface area contributed by atoms with Crippen molar-refractivity contribution in [2.75, 3.05) is 0 Å². The molecule has 2 aromatic heterocycles. The summed E-state index contributed by atoms with van der Waals surface area (Å²) in [6.45, 7) is 5.42. The zero-order chi connectivity index (χ0) is 12.1. The van der Waals surface area contributed by atoms with Crippen LogP contribution in [0, 0.1) is 5.92 Å². The van der Waals surface area contributed by atoms with Crippen LogP contribution in [0.1, 0.15) is 39.5 Å². The second kappa shape index (κ2) is 5.75. The van der Waals surface area contributed by atoms with Crippen LogP contribution in [0.2, 0.25) is 0 Å². The number of fused-ring (bicyclic) bond motifs is 1. The van der Waals surface area contributed by atoms with Crippen LogP contribution < -0.4 is 0 Å². The molecule has 0 aromatic carbocycles. The van der Waals surface area contributed by atoms with Crippen LogP contribution in [0.3, 0.4) is 0 Å². The average Bonchev–Trinajstić information content (AvgIpc) is 2.73. The summed E-state index contributed by atoms with van der Waals surface area (Å²) in [5.74, 6) is 0.633. The van der Waals surface area contributed by atoms with Gasteiger partial charge in [-0.15, -0.1) is 5.10 Å². The predicted octanol–water partition coefficient (Wildman–Crippen LogP) is 3.04. The molecule has 4 nitrogen and oxygen atoms in total. The van der Waals surface area contributed by atoms with Gasteiger partial charge >= 0.3 is 0 Å². The Hall–Kier alpha value is -1.45. The van der Waals surface area contributed by atoms with E-state index in [1.807, 2.05) is 16.8 Å². The van der Waals surface area contributed by atoms with Crippen molar-refractivity contribution in [1.29, 1.82) is 0 Å². The molecule has 0 aliphatic rings. The van der Waals surface area contributed by atoms with E-state index in [4.69, 9.17) is 0 Å². The molecule has 0 fully saturated rings. The van der Waals surface area contributed by atoms with Gasteiger partial charge in [0.2, 0.25) is 0 Å². The molecule has 0 aliphatic carbocycles. The number of pyridine rings is 1. The summed E-state index contributed by atoms with van der Waals surface area (Å²) in [5.41, 5.74) is 1.78. The highest BCUT2D eigenvalue weighted by molar-refractivity contribution is 5.68. The van der Waals surface area contributed by atoms with Crippen LogP contribution in [0.4, 0.5) is 0 Å². The van der Waals surface area contributed by atoms with Gasteiger partial charge in [-0.1, -0.05) is 38.3 Å². The molecule has 92 valence electrons. The van der Waals surface area contributed by atoms with Crippen molar-refractivity contribution in [1.82, 2.24) is 20.0 Å². The monoisotopic (exact) mass is 232 g/mol. The molecule has 1 unspecified atom stereocenters. The zero-order valence-corrected chi connectivity index (χ0v) is 10.6. The maximum atomic E-state index is 4.33. The molecular formula is C13H20N4. The molecule has 0 saturated carbocycles. The van der Waals surface area contributed by atoms with Crippen molar-refractivity contribution >= 4 is 11.2 Å². The Bertz CT molecular complexity index is 463. The highest BCUT2D eigenvalue weighted by atomic mass is 15.4. The first-order valence-electron chi connectivity index (χ1n) is 6.45. The van der Waals surface area contributed by atoms with E-state index in [1.165, 1.54) is 25.7 Å². The van der Waals surface area contributed by atoms with Gasteiger partial charge < -0.3 is 0 Å². The summed E-state index contributed by atoms with van der Waals surface area (Å²) in [6, 6.07) is 3.85.